The molecule has 0 aromatic carbocycles. The highest BCUT2D eigenvalue weighted by atomic mass is 35.5. The predicted molar refractivity (Wildman–Crippen MR) is 95.0 cm³/mol. The Kier molecular flexibility index (Phi) is 4.63. The van der Waals surface area contributed by atoms with Crippen LogP contribution in [0.3, 0.4) is 0 Å². The van der Waals surface area contributed by atoms with Crippen molar-refractivity contribution < 1.29 is 9.47 Å². The van der Waals surface area contributed by atoms with Crippen LogP contribution in [0.5, 0.6) is 5.88 Å². The largest absolute Gasteiger partial charge is 0.475 e. The monoisotopic (exact) mass is 364 g/mol. The van der Waals surface area contributed by atoms with Crippen molar-refractivity contribution in [3.05, 3.63) is 16.9 Å². The molecule has 2 aliphatic rings. The molecule has 4 rings (SSSR count). The van der Waals surface area contributed by atoms with Gasteiger partial charge < -0.3 is 20.1 Å². The number of halogens is 1. The van der Waals surface area contributed by atoms with Gasteiger partial charge in [-0.15, -0.1) is 5.10 Å². The summed E-state index contributed by atoms with van der Waals surface area (Å²) in [6.07, 6.45) is 4.31. The number of nitrogens with zero attached hydrogens (tertiary/aromatic N) is 4. The van der Waals surface area contributed by atoms with Gasteiger partial charge in [0.2, 0.25) is 5.95 Å². The number of ether oxygens (including phenoxy) is 2. The molecular formula is C16H21ClN6O2. The van der Waals surface area contributed by atoms with Crippen LogP contribution in [0.1, 0.15) is 31.0 Å². The second-order valence-corrected chi connectivity index (χ2v) is 6.60. The first kappa shape index (κ1) is 16.4. The average Bonchev–Trinajstić information content (AvgIpc) is 2.92. The summed E-state index contributed by atoms with van der Waals surface area (Å²) in [5.41, 5.74) is 1.82. The Morgan fingerprint density at radius 1 is 1.28 bits per heavy atom. The third-order valence-electron chi connectivity index (χ3n) is 4.49. The van der Waals surface area contributed by atoms with Crippen LogP contribution in [0.25, 0.3) is 0 Å². The van der Waals surface area contributed by atoms with Gasteiger partial charge in [0.15, 0.2) is 5.82 Å². The first-order chi connectivity index (χ1) is 12.2. The highest BCUT2D eigenvalue weighted by molar-refractivity contribution is 6.32. The van der Waals surface area contributed by atoms with Crippen LogP contribution in [0.4, 0.5) is 17.5 Å². The van der Waals surface area contributed by atoms with Gasteiger partial charge in [0.05, 0.1) is 24.5 Å². The lowest BCUT2D eigenvalue weighted by atomic mass is 10.1. The van der Waals surface area contributed by atoms with E-state index in [1.165, 1.54) is 0 Å². The molecule has 0 saturated carbocycles. The lowest BCUT2D eigenvalue weighted by molar-refractivity contribution is 0.0652. The summed E-state index contributed by atoms with van der Waals surface area (Å²) in [5, 5.41) is 11.7. The van der Waals surface area contributed by atoms with Crippen molar-refractivity contribution >= 4 is 29.1 Å². The van der Waals surface area contributed by atoms with E-state index in [0.717, 1.165) is 43.9 Å². The van der Waals surface area contributed by atoms with E-state index in [1.54, 1.807) is 6.20 Å². The number of fused-ring (bicyclic) bond motifs is 3. The van der Waals surface area contributed by atoms with E-state index in [4.69, 9.17) is 26.2 Å². The van der Waals surface area contributed by atoms with Gasteiger partial charge >= 0.3 is 0 Å². The van der Waals surface area contributed by atoms with E-state index in [0.29, 0.717) is 41.9 Å². The summed E-state index contributed by atoms with van der Waals surface area (Å²) in [5.74, 6) is 1.68. The normalized spacial score (nSPS) is 18.3. The predicted octanol–water partition coefficient (Wildman–Crippen LogP) is 2.92. The van der Waals surface area contributed by atoms with Crippen molar-refractivity contribution in [1.82, 2.24) is 19.7 Å². The van der Waals surface area contributed by atoms with E-state index in [2.05, 4.69) is 20.6 Å². The number of hydrogen-bond donors (Lipinski definition) is 2. The number of nitrogens with one attached hydrogen (secondary N) is 2. The van der Waals surface area contributed by atoms with Gasteiger partial charge in [0.25, 0.3) is 5.88 Å². The van der Waals surface area contributed by atoms with Crippen LogP contribution in [-0.4, -0.2) is 46.1 Å². The van der Waals surface area contributed by atoms with Crippen LogP contribution in [-0.2, 0) is 4.74 Å². The summed E-state index contributed by atoms with van der Waals surface area (Å²) in [7, 11) is 0. The van der Waals surface area contributed by atoms with Crippen LogP contribution >= 0.6 is 11.6 Å². The lowest BCUT2D eigenvalue weighted by Gasteiger charge is -2.23. The van der Waals surface area contributed by atoms with Crippen LogP contribution in [0.15, 0.2) is 6.20 Å². The summed E-state index contributed by atoms with van der Waals surface area (Å²) in [4.78, 5) is 8.73. The van der Waals surface area contributed by atoms with Gasteiger partial charge in [-0.2, -0.15) is 4.98 Å². The molecule has 134 valence electrons. The summed E-state index contributed by atoms with van der Waals surface area (Å²) in [6.45, 7) is 4.83. The smallest absolute Gasteiger partial charge is 0.257 e. The summed E-state index contributed by atoms with van der Waals surface area (Å²) < 4.78 is 13.4. The van der Waals surface area contributed by atoms with Crippen LogP contribution in [0, 0.1) is 6.92 Å². The molecule has 0 atom stereocenters. The third-order valence-corrected chi connectivity index (χ3v) is 4.76. The zero-order chi connectivity index (χ0) is 17.2. The maximum atomic E-state index is 6.15. The molecule has 2 aliphatic heterocycles. The minimum Gasteiger partial charge on any atom is -0.475 e. The molecule has 0 amide bonds. The van der Waals surface area contributed by atoms with E-state index in [1.807, 2.05) is 11.6 Å². The van der Waals surface area contributed by atoms with E-state index in [-0.39, 0.29) is 0 Å². The lowest BCUT2D eigenvalue weighted by Crippen LogP contribution is -2.21. The first-order valence-corrected chi connectivity index (χ1v) is 8.93. The van der Waals surface area contributed by atoms with Gasteiger partial charge in [0.1, 0.15) is 10.7 Å². The molecular weight excluding hydrogens is 344 g/mol. The Bertz CT molecular complexity index is 759. The topological polar surface area (TPSA) is 86.1 Å². The molecule has 9 heteroatoms. The van der Waals surface area contributed by atoms with Crippen molar-refractivity contribution in [3.8, 4) is 5.88 Å². The highest BCUT2D eigenvalue weighted by Gasteiger charge is 2.24. The molecule has 0 aliphatic carbocycles. The molecule has 1 saturated heterocycles. The molecule has 2 N–H and O–H groups in total. The number of rotatable bonds is 1. The van der Waals surface area contributed by atoms with Crippen molar-refractivity contribution in [2.24, 2.45) is 0 Å². The third kappa shape index (κ3) is 3.36. The minimum absolute atomic E-state index is 0.322. The Balaban J connectivity index is 1.71. The fraction of sp³-hybridized carbons (Fsp3) is 0.562. The maximum absolute atomic E-state index is 6.15. The fourth-order valence-electron chi connectivity index (χ4n) is 3.13. The summed E-state index contributed by atoms with van der Waals surface area (Å²) >= 11 is 6.15. The first-order valence-electron chi connectivity index (χ1n) is 8.55. The minimum atomic E-state index is 0.322. The van der Waals surface area contributed by atoms with Crippen molar-refractivity contribution in [2.45, 2.75) is 32.2 Å². The highest BCUT2D eigenvalue weighted by Crippen LogP contribution is 2.34. The average molecular weight is 365 g/mol. The molecule has 0 unspecified atom stereocenters. The zero-order valence-electron chi connectivity index (χ0n) is 14.1. The Labute approximate surface area is 150 Å². The number of hydrogen-bond acceptors (Lipinski definition) is 7. The summed E-state index contributed by atoms with van der Waals surface area (Å²) in [6, 6.07) is 0.322. The van der Waals surface area contributed by atoms with Crippen molar-refractivity contribution in [2.75, 3.05) is 37.0 Å². The van der Waals surface area contributed by atoms with Gasteiger partial charge in [-0.1, -0.05) is 11.6 Å². The molecule has 2 aromatic heterocycles. The number of aromatic nitrogens is 4. The quantitative estimate of drug-likeness (QED) is 0.804. The van der Waals surface area contributed by atoms with Gasteiger partial charge in [0, 0.05) is 19.8 Å². The molecule has 0 spiro atoms. The molecule has 0 radical (unpaired) electrons. The van der Waals surface area contributed by atoms with Crippen molar-refractivity contribution in [3.63, 3.8) is 0 Å². The van der Waals surface area contributed by atoms with Crippen molar-refractivity contribution in [1.29, 1.82) is 0 Å². The molecule has 4 heterocycles. The van der Waals surface area contributed by atoms with Gasteiger partial charge in [-0.3, -0.25) is 4.68 Å². The molecule has 25 heavy (non-hydrogen) atoms. The molecule has 2 aromatic rings. The second kappa shape index (κ2) is 7.05. The van der Waals surface area contributed by atoms with Crippen LogP contribution < -0.4 is 15.4 Å². The van der Waals surface area contributed by atoms with Crippen LogP contribution in [0.2, 0.25) is 5.02 Å². The van der Waals surface area contributed by atoms with E-state index >= 15 is 0 Å². The number of anilines is 3. The Hall–Kier alpha value is -2.06. The fourth-order valence-corrected chi connectivity index (χ4v) is 3.29. The SMILES string of the molecule is Cc1c2c(nn1C1CCOCC1)OCCCNc1nc(ncc1Cl)N2. The maximum Gasteiger partial charge on any atom is 0.257 e. The standard InChI is InChI=1S/C16H21ClN6O2/c1-10-13-15(22-23(10)11-3-7-24-8-4-11)25-6-2-5-18-14-12(17)9-19-16(20-13)21-14/h9,11H,2-8H2,1H3,(H2,18,19,20,21). The van der Waals surface area contributed by atoms with E-state index < -0.39 is 0 Å². The van der Waals surface area contributed by atoms with E-state index in [9.17, 15) is 0 Å². The molecule has 8 nitrogen and oxygen atoms in total. The Morgan fingerprint density at radius 3 is 2.96 bits per heavy atom. The van der Waals surface area contributed by atoms with Gasteiger partial charge in [-0.05, 0) is 26.2 Å². The Morgan fingerprint density at radius 2 is 2.12 bits per heavy atom. The molecule has 2 bridgehead atoms. The molecule has 1 fully saturated rings. The van der Waals surface area contributed by atoms with Gasteiger partial charge in [-0.25, -0.2) is 4.98 Å². The second-order valence-electron chi connectivity index (χ2n) is 6.20. The zero-order valence-corrected chi connectivity index (χ0v) is 14.8.